The summed E-state index contributed by atoms with van der Waals surface area (Å²) < 4.78 is 0.919. The van der Waals surface area contributed by atoms with Crippen LogP contribution >= 0.6 is 22.6 Å². The summed E-state index contributed by atoms with van der Waals surface area (Å²) in [5.74, 6) is -6.67. The molecule has 3 aromatic carbocycles. The fraction of sp³-hybridized carbons (Fsp3) is 0.480. The average molecular weight is 1080 g/mol. The number of hydrogen-bond acceptors (Lipinski definition) is 11. The third-order valence-electron chi connectivity index (χ3n) is 11.4. The van der Waals surface area contributed by atoms with Crippen LogP contribution in [-0.4, -0.2) is 112 Å². The van der Waals surface area contributed by atoms with Gasteiger partial charge in [-0.3, -0.25) is 33.6 Å². The molecule has 3 rings (SSSR count). The van der Waals surface area contributed by atoms with Crippen molar-refractivity contribution in [2.45, 2.75) is 141 Å². The fourth-order valence-corrected chi connectivity index (χ4v) is 7.67. The minimum Gasteiger partial charge on any atom is -0.508 e. The number of hydrogen-bond donors (Lipinski definition) is 11. The SMILES string of the molecule is CCCC(NC(=O)[C@H](Cc1ccc(O)cc1)NC(=O)[C@H](CCCCN)NC(=O)[C@H](Cc1ccc(I)cc1)NC(=O)C(Cc1ccccc1)NC(=O)[C@H](CC)NC(=O)C(C)N)C(=O)N[C@H](C(=O)O)C(C)C. The predicted octanol–water partition coefficient (Wildman–Crippen LogP) is 1.85. The average Bonchev–Trinajstić information content (AvgIpc) is 3.32. The highest BCUT2D eigenvalue weighted by molar-refractivity contribution is 14.1. The third kappa shape index (κ3) is 19.7. The van der Waals surface area contributed by atoms with Crippen LogP contribution in [-0.2, 0) is 57.6 Å². The molecule has 3 aromatic rings. The number of carbonyl (C=O) groups excluding carboxylic acids is 7. The summed E-state index contributed by atoms with van der Waals surface area (Å²) in [6.45, 7) is 8.51. The van der Waals surface area contributed by atoms with E-state index in [4.69, 9.17) is 11.5 Å². The van der Waals surface area contributed by atoms with Gasteiger partial charge in [-0.05, 0) is 115 Å². The number of amides is 7. The van der Waals surface area contributed by atoms with E-state index in [1.165, 1.54) is 19.1 Å². The van der Waals surface area contributed by atoms with Crippen molar-refractivity contribution in [1.82, 2.24) is 37.2 Å². The number of halogens is 1. The van der Waals surface area contributed by atoms with Gasteiger partial charge >= 0.3 is 5.97 Å². The van der Waals surface area contributed by atoms with Crippen molar-refractivity contribution in [2.75, 3.05) is 6.54 Å². The minimum atomic E-state index is -1.34. The molecule has 19 nitrogen and oxygen atoms in total. The van der Waals surface area contributed by atoms with Crippen LogP contribution in [0.4, 0.5) is 0 Å². The highest BCUT2D eigenvalue weighted by Gasteiger charge is 2.35. The summed E-state index contributed by atoms with van der Waals surface area (Å²) in [4.78, 5) is 109. The highest BCUT2D eigenvalue weighted by atomic mass is 127. The van der Waals surface area contributed by atoms with E-state index in [0.717, 1.165) is 3.57 Å². The van der Waals surface area contributed by atoms with Crippen LogP contribution in [0, 0.1) is 9.49 Å². The topological polar surface area (TPSA) is 313 Å². The molecule has 0 saturated carbocycles. The van der Waals surface area contributed by atoms with Gasteiger partial charge in [0.1, 0.15) is 48.0 Å². The van der Waals surface area contributed by atoms with Crippen molar-refractivity contribution in [3.8, 4) is 5.75 Å². The molecule has 0 radical (unpaired) electrons. The lowest BCUT2D eigenvalue weighted by Crippen LogP contribution is -2.61. The minimum absolute atomic E-state index is 0.0151. The third-order valence-corrected chi connectivity index (χ3v) is 12.1. The number of carboxylic acid groups (broad SMARTS) is 1. The van der Waals surface area contributed by atoms with Crippen LogP contribution in [0.3, 0.4) is 0 Å². The number of nitrogens with one attached hydrogen (secondary N) is 7. The summed E-state index contributed by atoms with van der Waals surface area (Å²) in [5.41, 5.74) is 13.4. The summed E-state index contributed by atoms with van der Waals surface area (Å²) in [7, 11) is 0. The Bertz CT molecular complexity index is 2200. The van der Waals surface area contributed by atoms with E-state index in [9.17, 15) is 48.6 Å². The summed E-state index contributed by atoms with van der Waals surface area (Å²) in [6.07, 6.45) is 1.56. The van der Waals surface area contributed by atoms with E-state index in [0.29, 0.717) is 36.0 Å². The molecule has 0 aromatic heterocycles. The molecule has 7 amide bonds. The maximum atomic E-state index is 14.6. The summed E-state index contributed by atoms with van der Waals surface area (Å²) >= 11 is 2.14. The molecule has 3 unspecified atom stereocenters. The molecule has 0 heterocycles. The lowest BCUT2D eigenvalue weighted by Gasteiger charge is -2.28. The molecule has 20 heteroatoms. The van der Waals surface area contributed by atoms with Gasteiger partial charge in [0.05, 0.1) is 6.04 Å². The highest BCUT2D eigenvalue weighted by Crippen LogP contribution is 2.15. The Morgan fingerprint density at radius 1 is 0.529 bits per heavy atom. The Morgan fingerprint density at radius 3 is 1.36 bits per heavy atom. The van der Waals surface area contributed by atoms with Crippen LogP contribution < -0.4 is 48.7 Å². The number of nitrogens with two attached hydrogens (primary N) is 2. The second-order valence-corrected chi connectivity index (χ2v) is 18.8. The van der Waals surface area contributed by atoms with Gasteiger partial charge in [0.15, 0.2) is 0 Å². The molecule has 8 atom stereocenters. The number of aliphatic carboxylic acids is 1. The predicted molar refractivity (Wildman–Crippen MR) is 273 cm³/mol. The number of unbranched alkanes of at least 4 members (excludes halogenated alkanes) is 1. The van der Waals surface area contributed by atoms with Gasteiger partial charge in [0, 0.05) is 22.8 Å². The zero-order valence-electron chi connectivity index (χ0n) is 40.5. The molecule has 0 spiro atoms. The van der Waals surface area contributed by atoms with Crippen molar-refractivity contribution in [2.24, 2.45) is 17.4 Å². The maximum Gasteiger partial charge on any atom is 0.326 e. The number of benzene rings is 3. The quantitative estimate of drug-likeness (QED) is 0.0351. The lowest BCUT2D eigenvalue weighted by atomic mass is 10.0. The van der Waals surface area contributed by atoms with Gasteiger partial charge in [-0.25, -0.2) is 4.79 Å². The first kappa shape index (κ1) is 58.2. The van der Waals surface area contributed by atoms with E-state index in [1.54, 1.807) is 82.3 Å². The molecule has 70 heavy (non-hydrogen) atoms. The Labute approximate surface area is 423 Å². The molecule has 0 bridgehead atoms. The van der Waals surface area contributed by atoms with Gasteiger partial charge < -0.3 is 58.9 Å². The van der Waals surface area contributed by atoms with Crippen LogP contribution in [0.25, 0.3) is 0 Å². The first-order valence-corrected chi connectivity index (χ1v) is 24.7. The van der Waals surface area contributed by atoms with Crippen LogP contribution in [0.2, 0.25) is 0 Å². The standard InChI is InChI=1S/C50H70IN9O10/c1-6-13-37(46(65)60-42(29(3)4)50(69)70)55-47(66)40(28-33-19-23-35(61)24-20-33)58-45(64)38(16-11-12-25-52)56-48(67)41(27-32-17-21-34(51)22-18-32)59-49(68)39(26-31-14-9-8-10-15-31)57-44(63)36(7-2)54-43(62)30(5)53/h8-10,14-15,17-24,29-30,36-42,61H,6-7,11-13,16,25-28,52-53H2,1-5H3,(H,54,62)(H,55,66)(H,56,67)(H,57,63)(H,58,64)(H,59,68)(H,60,65)(H,69,70)/t30?,36-,37?,38-,39?,40-,41-,42-/m0/s1. The van der Waals surface area contributed by atoms with E-state index in [-0.39, 0.29) is 50.8 Å². The molecule has 0 aliphatic rings. The number of rotatable bonds is 29. The lowest BCUT2D eigenvalue weighted by molar-refractivity contribution is -0.143. The molecular formula is C50H70IN9O10. The summed E-state index contributed by atoms with van der Waals surface area (Å²) in [5, 5.41) is 38.6. The first-order chi connectivity index (χ1) is 33.3. The van der Waals surface area contributed by atoms with E-state index < -0.39 is 102 Å². The Balaban J connectivity index is 2.00. The van der Waals surface area contributed by atoms with Crippen LogP contribution in [0.1, 0.15) is 89.8 Å². The van der Waals surface area contributed by atoms with Gasteiger partial charge in [-0.2, -0.15) is 0 Å². The number of aromatic hydroxyl groups is 1. The van der Waals surface area contributed by atoms with Crippen molar-refractivity contribution < 1.29 is 48.6 Å². The molecule has 0 saturated heterocycles. The van der Waals surface area contributed by atoms with Crippen molar-refractivity contribution in [1.29, 1.82) is 0 Å². The fourth-order valence-electron chi connectivity index (χ4n) is 7.31. The van der Waals surface area contributed by atoms with Crippen LogP contribution in [0.15, 0.2) is 78.9 Å². The van der Waals surface area contributed by atoms with E-state index in [1.807, 2.05) is 12.1 Å². The molecule has 0 aliphatic carbocycles. The largest absolute Gasteiger partial charge is 0.508 e. The zero-order chi connectivity index (χ0) is 51.9. The van der Waals surface area contributed by atoms with E-state index in [2.05, 4.69) is 59.8 Å². The molecular weight excluding hydrogens is 1010 g/mol. The number of phenolic OH excluding ortho intramolecular Hbond substituents is 1. The smallest absolute Gasteiger partial charge is 0.326 e. The second-order valence-electron chi connectivity index (χ2n) is 17.6. The first-order valence-electron chi connectivity index (χ1n) is 23.6. The van der Waals surface area contributed by atoms with Gasteiger partial charge in [0.2, 0.25) is 41.4 Å². The second kappa shape index (κ2) is 29.8. The van der Waals surface area contributed by atoms with Crippen LogP contribution in [0.5, 0.6) is 5.75 Å². The van der Waals surface area contributed by atoms with E-state index >= 15 is 0 Å². The Morgan fingerprint density at radius 2 is 0.929 bits per heavy atom. The van der Waals surface area contributed by atoms with Crippen molar-refractivity contribution in [3.05, 3.63) is 99.1 Å². The van der Waals surface area contributed by atoms with Gasteiger partial charge in [-0.1, -0.05) is 88.7 Å². The maximum absolute atomic E-state index is 14.6. The normalized spacial score (nSPS) is 14.5. The molecule has 0 fully saturated rings. The monoisotopic (exact) mass is 1080 g/mol. The van der Waals surface area contributed by atoms with Crippen molar-refractivity contribution in [3.63, 3.8) is 0 Å². The number of carboxylic acids is 1. The number of carbonyl (C=O) groups is 8. The van der Waals surface area contributed by atoms with Gasteiger partial charge in [-0.15, -0.1) is 0 Å². The summed E-state index contributed by atoms with van der Waals surface area (Å²) in [6, 6.07) is 12.6. The Hall–Kier alpha value is -6.13. The van der Waals surface area contributed by atoms with Gasteiger partial charge in [0.25, 0.3) is 0 Å². The molecule has 382 valence electrons. The Kier molecular flexibility index (Phi) is 24.8. The zero-order valence-corrected chi connectivity index (χ0v) is 42.6. The molecule has 0 aliphatic heterocycles. The van der Waals surface area contributed by atoms with Crippen molar-refractivity contribution >= 4 is 69.9 Å². The molecule has 13 N–H and O–H groups in total. The number of phenols is 1.